The molecular formula is C33H21N4OP. The molecule has 184 valence electrons. The van der Waals surface area contributed by atoms with Gasteiger partial charge in [-0.05, 0) is 29.7 Å². The van der Waals surface area contributed by atoms with Crippen LogP contribution in [0.25, 0.3) is 49.3 Å². The van der Waals surface area contributed by atoms with Gasteiger partial charge in [0, 0.05) is 38.3 Å². The normalized spacial score (nSPS) is 13.4. The van der Waals surface area contributed by atoms with Gasteiger partial charge in [0.05, 0.1) is 22.1 Å². The van der Waals surface area contributed by atoms with E-state index in [1.165, 1.54) is 6.33 Å². The summed E-state index contributed by atoms with van der Waals surface area (Å²) in [6, 6.07) is 38.3. The van der Waals surface area contributed by atoms with Crippen LogP contribution in [0, 0.1) is 0 Å². The molecule has 3 aromatic heterocycles. The summed E-state index contributed by atoms with van der Waals surface area (Å²) >= 11 is 0. The molecular weight excluding hydrogens is 499 g/mol. The van der Waals surface area contributed by atoms with E-state index in [1.807, 2.05) is 78.9 Å². The molecule has 0 radical (unpaired) electrons. The zero-order valence-electron chi connectivity index (χ0n) is 20.8. The predicted molar refractivity (Wildman–Crippen MR) is 160 cm³/mol. The van der Waals surface area contributed by atoms with Crippen LogP contribution in [0.15, 0.2) is 128 Å². The highest BCUT2D eigenvalue weighted by molar-refractivity contribution is 7.85. The minimum absolute atomic E-state index is 0.729. The van der Waals surface area contributed by atoms with Gasteiger partial charge >= 0.3 is 0 Å². The lowest BCUT2D eigenvalue weighted by Gasteiger charge is -2.21. The second-order valence-corrected chi connectivity index (χ2v) is 12.4. The average molecular weight is 521 g/mol. The van der Waals surface area contributed by atoms with Gasteiger partial charge in [-0.3, -0.25) is 4.40 Å². The van der Waals surface area contributed by atoms with Crippen molar-refractivity contribution >= 4 is 72.3 Å². The molecule has 0 aliphatic rings. The van der Waals surface area contributed by atoms with E-state index in [9.17, 15) is 0 Å². The highest BCUT2D eigenvalue weighted by atomic mass is 31.2. The molecule has 0 saturated heterocycles. The maximum absolute atomic E-state index is 15.7. The number of hydrogen-bond acceptors (Lipinski definition) is 4. The molecule has 0 spiro atoms. The van der Waals surface area contributed by atoms with Gasteiger partial charge < -0.3 is 4.57 Å². The fraction of sp³-hybridized carbons (Fsp3) is 0. The third kappa shape index (κ3) is 3.14. The lowest BCUT2D eigenvalue weighted by atomic mass is 10.1. The summed E-state index contributed by atoms with van der Waals surface area (Å²) in [5, 5.41) is 6.51. The van der Waals surface area contributed by atoms with Crippen molar-refractivity contribution < 1.29 is 4.57 Å². The Balaban J connectivity index is 1.57. The number of pyridine rings is 1. The molecule has 0 saturated carbocycles. The number of para-hydroxylation sites is 2. The summed E-state index contributed by atoms with van der Waals surface area (Å²) in [4.78, 5) is 13.7. The Labute approximate surface area is 223 Å². The van der Waals surface area contributed by atoms with Gasteiger partial charge in [-0.1, -0.05) is 91.0 Å². The summed E-state index contributed by atoms with van der Waals surface area (Å²) < 4.78 is 17.9. The third-order valence-electron chi connectivity index (χ3n) is 7.57. The van der Waals surface area contributed by atoms with Crippen molar-refractivity contribution in [1.29, 1.82) is 0 Å². The molecule has 8 aromatic rings. The van der Waals surface area contributed by atoms with Crippen molar-refractivity contribution in [3.8, 4) is 0 Å². The van der Waals surface area contributed by atoms with Gasteiger partial charge in [0.15, 0.2) is 7.14 Å². The molecule has 39 heavy (non-hydrogen) atoms. The van der Waals surface area contributed by atoms with Crippen LogP contribution < -0.4 is 15.9 Å². The maximum Gasteiger partial charge on any atom is 0.173 e. The smallest absolute Gasteiger partial charge is 0.173 e. The third-order valence-corrected chi connectivity index (χ3v) is 10.6. The standard InChI is InChI=1S/C33H21N4OP/c38-39(23-9-2-1-3-10-23,24-18-17-22-20-34-21-35-29(22)19-24)31-16-8-14-28-32(31)37-30-15-7-6-12-26(30)25-11-4-5-13-27(25)33(37)36-28/h1-21H. The van der Waals surface area contributed by atoms with Crippen LogP contribution in [0.1, 0.15) is 0 Å². The Morgan fingerprint density at radius 3 is 2.28 bits per heavy atom. The van der Waals surface area contributed by atoms with Crippen LogP contribution >= 0.6 is 7.14 Å². The highest BCUT2D eigenvalue weighted by Gasteiger charge is 2.33. The molecule has 8 rings (SSSR count). The Morgan fingerprint density at radius 1 is 0.641 bits per heavy atom. The molecule has 0 bridgehead atoms. The van der Waals surface area contributed by atoms with Gasteiger partial charge in [0.2, 0.25) is 0 Å². The first kappa shape index (κ1) is 22.2. The second kappa shape index (κ2) is 8.32. The Kier molecular flexibility index (Phi) is 4.73. The van der Waals surface area contributed by atoms with E-state index in [0.717, 1.165) is 65.2 Å². The monoisotopic (exact) mass is 520 g/mol. The topological polar surface area (TPSA) is 60.2 Å². The summed E-state index contributed by atoms with van der Waals surface area (Å²) in [5.41, 5.74) is 4.34. The molecule has 0 aliphatic carbocycles. The Morgan fingerprint density at radius 2 is 1.41 bits per heavy atom. The summed E-state index contributed by atoms with van der Waals surface area (Å²) in [5.74, 6) is 0. The van der Waals surface area contributed by atoms with Crippen molar-refractivity contribution in [2.45, 2.75) is 0 Å². The average Bonchev–Trinajstić information content (AvgIpc) is 3.41. The minimum atomic E-state index is -3.36. The summed E-state index contributed by atoms with van der Waals surface area (Å²) in [6.45, 7) is 0. The Hall–Kier alpha value is -4.86. The van der Waals surface area contributed by atoms with E-state index < -0.39 is 7.14 Å². The molecule has 0 amide bonds. The number of aromatic nitrogens is 4. The second-order valence-electron chi connectivity index (χ2n) is 9.69. The minimum Gasteiger partial charge on any atom is -0.309 e. The SMILES string of the molecule is O=P(c1ccccc1)(c1ccc2cncnc2c1)c1cccc2nc3c4ccccc4c4ccccc4n3c12. The molecule has 5 nitrogen and oxygen atoms in total. The lowest BCUT2D eigenvalue weighted by molar-refractivity contribution is 0.592. The fourth-order valence-corrected chi connectivity index (χ4v) is 8.65. The highest BCUT2D eigenvalue weighted by Crippen LogP contribution is 2.45. The van der Waals surface area contributed by atoms with Crippen molar-refractivity contribution in [1.82, 2.24) is 19.4 Å². The van der Waals surface area contributed by atoms with Crippen LogP contribution in [-0.2, 0) is 4.57 Å². The zero-order chi connectivity index (χ0) is 26.0. The quantitative estimate of drug-likeness (QED) is 0.201. The number of rotatable bonds is 3. The molecule has 0 aliphatic heterocycles. The van der Waals surface area contributed by atoms with Crippen LogP contribution in [0.3, 0.4) is 0 Å². The van der Waals surface area contributed by atoms with E-state index in [1.54, 1.807) is 6.20 Å². The lowest BCUT2D eigenvalue weighted by Crippen LogP contribution is -2.26. The van der Waals surface area contributed by atoms with Gasteiger partial charge in [0.25, 0.3) is 0 Å². The predicted octanol–water partition coefficient (Wildman–Crippen LogP) is 6.38. The van der Waals surface area contributed by atoms with Crippen molar-refractivity contribution in [2.24, 2.45) is 0 Å². The molecule has 5 aromatic carbocycles. The van der Waals surface area contributed by atoms with Crippen LogP contribution in [0.5, 0.6) is 0 Å². The van der Waals surface area contributed by atoms with Gasteiger partial charge in [-0.15, -0.1) is 0 Å². The zero-order valence-corrected chi connectivity index (χ0v) is 21.7. The van der Waals surface area contributed by atoms with Crippen molar-refractivity contribution in [2.75, 3.05) is 0 Å². The molecule has 1 atom stereocenters. The first-order valence-corrected chi connectivity index (χ1v) is 14.5. The van der Waals surface area contributed by atoms with Gasteiger partial charge in [0.1, 0.15) is 12.0 Å². The van der Waals surface area contributed by atoms with E-state index in [-0.39, 0.29) is 0 Å². The first-order valence-electron chi connectivity index (χ1n) is 12.8. The number of imidazole rings is 1. The van der Waals surface area contributed by atoms with E-state index in [4.69, 9.17) is 4.98 Å². The largest absolute Gasteiger partial charge is 0.309 e. The Bertz CT molecular complexity index is 2270. The molecule has 1 unspecified atom stereocenters. The van der Waals surface area contributed by atoms with Crippen molar-refractivity contribution in [3.63, 3.8) is 0 Å². The van der Waals surface area contributed by atoms with Gasteiger partial charge in [-0.2, -0.15) is 0 Å². The van der Waals surface area contributed by atoms with Crippen molar-refractivity contribution in [3.05, 3.63) is 128 Å². The van der Waals surface area contributed by atoms with Crippen LogP contribution in [0.2, 0.25) is 0 Å². The maximum atomic E-state index is 15.7. The number of benzene rings is 5. The fourth-order valence-electron chi connectivity index (χ4n) is 5.81. The van der Waals surface area contributed by atoms with Crippen LogP contribution in [0.4, 0.5) is 0 Å². The van der Waals surface area contributed by atoms with E-state index in [0.29, 0.717) is 0 Å². The van der Waals surface area contributed by atoms with E-state index >= 15 is 4.57 Å². The molecule has 3 heterocycles. The number of nitrogens with zero attached hydrogens (tertiary/aromatic N) is 4. The number of hydrogen-bond donors (Lipinski definition) is 0. The van der Waals surface area contributed by atoms with Crippen LogP contribution in [-0.4, -0.2) is 19.4 Å². The summed E-state index contributed by atoms with van der Waals surface area (Å²) in [6.07, 6.45) is 3.31. The first-order chi connectivity index (χ1) is 19.2. The molecule has 0 N–H and O–H groups in total. The van der Waals surface area contributed by atoms with Gasteiger partial charge in [-0.25, -0.2) is 15.0 Å². The molecule has 0 fully saturated rings. The summed E-state index contributed by atoms with van der Waals surface area (Å²) in [7, 11) is -3.36. The van der Waals surface area contributed by atoms with E-state index in [2.05, 4.69) is 50.8 Å². The molecule has 6 heteroatoms. The number of fused-ring (bicyclic) bond motifs is 9.